The summed E-state index contributed by atoms with van der Waals surface area (Å²) in [6, 6.07) is 19.3. The van der Waals surface area contributed by atoms with E-state index in [0.717, 1.165) is 28.1 Å². The number of aromatic nitrogens is 3. The third kappa shape index (κ3) is 3.64. The third-order valence-electron chi connectivity index (χ3n) is 6.22. The van der Waals surface area contributed by atoms with Gasteiger partial charge in [-0.1, -0.05) is 53.7 Å². The Morgan fingerprint density at radius 2 is 1.91 bits per heavy atom. The van der Waals surface area contributed by atoms with Gasteiger partial charge in [-0.05, 0) is 48.2 Å². The highest BCUT2D eigenvalue weighted by molar-refractivity contribution is 7.98. The Bertz CT molecular complexity index is 1470. The maximum atomic E-state index is 15.3. The minimum atomic E-state index is -0.588. The van der Waals surface area contributed by atoms with Crippen LogP contribution in [0.25, 0.3) is 5.70 Å². The number of rotatable bonds is 4. The van der Waals surface area contributed by atoms with E-state index in [1.165, 1.54) is 17.8 Å². The summed E-state index contributed by atoms with van der Waals surface area (Å²) in [5.74, 6) is 1.61. The van der Waals surface area contributed by atoms with Crippen molar-refractivity contribution >= 4 is 35.0 Å². The molecule has 0 aliphatic carbocycles. The Kier molecular flexibility index (Phi) is 5.42. The first-order valence-corrected chi connectivity index (χ1v) is 12.5. The van der Waals surface area contributed by atoms with Crippen LogP contribution in [0.15, 0.2) is 77.5 Å². The predicted molar refractivity (Wildman–Crippen MR) is 135 cm³/mol. The molecular weight excluding hydrogens is 487 g/mol. The van der Waals surface area contributed by atoms with Gasteiger partial charge in [0.1, 0.15) is 29.5 Å². The molecule has 3 aromatic carbocycles. The molecule has 0 spiro atoms. The number of fused-ring (bicyclic) bond motifs is 3. The smallest absolute Gasteiger partial charge is 0.227 e. The fourth-order valence-electron chi connectivity index (χ4n) is 4.62. The maximum Gasteiger partial charge on any atom is 0.227 e. The van der Waals surface area contributed by atoms with Crippen LogP contribution in [-0.2, 0) is 0 Å². The van der Waals surface area contributed by atoms with Gasteiger partial charge in [-0.2, -0.15) is 4.98 Å². The first kappa shape index (κ1) is 22.0. The molecule has 1 N–H and O–H groups in total. The number of hydrogen-bond donors (Lipinski definition) is 1. The van der Waals surface area contributed by atoms with Crippen molar-refractivity contribution in [1.82, 2.24) is 14.8 Å². The number of anilines is 1. The van der Waals surface area contributed by atoms with Crippen molar-refractivity contribution in [3.63, 3.8) is 0 Å². The van der Waals surface area contributed by atoms with E-state index in [0.29, 0.717) is 27.4 Å². The largest absolute Gasteiger partial charge is 0.497 e. The van der Waals surface area contributed by atoms with Gasteiger partial charge in [0.2, 0.25) is 11.1 Å². The van der Waals surface area contributed by atoms with Crippen LogP contribution in [0.1, 0.15) is 28.8 Å². The molecule has 2 atom stereocenters. The zero-order chi connectivity index (χ0) is 24.1. The number of ether oxygens (including phenoxy) is 2. The number of benzene rings is 3. The molecule has 2 aliphatic heterocycles. The van der Waals surface area contributed by atoms with Gasteiger partial charge < -0.3 is 14.8 Å². The van der Waals surface area contributed by atoms with Crippen LogP contribution in [-0.4, -0.2) is 28.1 Å². The highest BCUT2D eigenvalue weighted by Crippen LogP contribution is 2.51. The van der Waals surface area contributed by atoms with Gasteiger partial charge in [0, 0.05) is 21.7 Å². The average Bonchev–Trinajstić information content (AvgIpc) is 3.31. The zero-order valence-corrected chi connectivity index (χ0v) is 20.4. The first-order valence-electron chi connectivity index (χ1n) is 10.9. The van der Waals surface area contributed by atoms with Crippen LogP contribution in [0.5, 0.6) is 11.5 Å². The number of nitrogens with one attached hydrogen (secondary N) is 1. The molecule has 0 fully saturated rings. The molecule has 35 heavy (non-hydrogen) atoms. The van der Waals surface area contributed by atoms with Gasteiger partial charge in [0.05, 0.1) is 12.8 Å². The minimum absolute atomic E-state index is 0.330. The lowest BCUT2D eigenvalue weighted by molar-refractivity contribution is 0.222. The molecule has 0 saturated heterocycles. The van der Waals surface area contributed by atoms with Crippen molar-refractivity contribution in [2.45, 2.75) is 17.3 Å². The summed E-state index contributed by atoms with van der Waals surface area (Å²) in [7, 11) is 1.63. The molecule has 4 aromatic rings. The quantitative estimate of drug-likeness (QED) is 0.325. The summed E-state index contributed by atoms with van der Waals surface area (Å²) in [6.45, 7) is 0. The standard InChI is InChI=1S/C26H20ClFN4O2S/c1-33-16-10-7-14(8-11-16)24-21-22(18-13-15(27)9-12-20(18)34-24)29-25-30-26(35-2)31-32(25)23(21)17-5-3-4-6-19(17)28/h3-13,23-24H,1-2H3,(H,29,30,31)/t23-,24+/m1/s1. The van der Waals surface area contributed by atoms with Crippen LogP contribution in [0.3, 0.4) is 0 Å². The molecule has 3 heterocycles. The summed E-state index contributed by atoms with van der Waals surface area (Å²) in [4.78, 5) is 4.64. The molecule has 1 aromatic heterocycles. The van der Waals surface area contributed by atoms with Crippen molar-refractivity contribution in [2.75, 3.05) is 18.7 Å². The third-order valence-corrected chi connectivity index (χ3v) is 6.99. The highest BCUT2D eigenvalue weighted by atomic mass is 35.5. The highest BCUT2D eigenvalue weighted by Gasteiger charge is 2.42. The zero-order valence-electron chi connectivity index (χ0n) is 18.8. The average molecular weight is 507 g/mol. The van der Waals surface area contributed by atoms with E-state index in [1.54, 1.807) is 30.0 Å². The van der Waals surface area contributed by atoms with Gasteiger partial charge in [-0.3, -0.25) is 0 Å². The van der Waals surface area contributed by atoms with E-state index in [9.17, 15) is 0 Å². The van der Waals surface area contributed by atoms with Crippen LogP contribution in [0.4, 0.5) is 10.3 Å². The summed E-state index contributed by atoms with van der Waals surface area (Å²) in [5.41, 5.74) is 3.78. The van der Waals surface area contributed by atoms with Crippen LogP contribution < -0.4 is 14.8 Å². The van der Waals surface area contributed by atoms with E-state index in [2.05, 4.69) is 10.3 Å². The molecule has 0 saturated carbocycles. The molecule has 0 amide bonds. The number of thioether (sulfide) groups is 1. The number of methoxy groups -OCH3 is 1. The minimum Gasteiger partial charge on any atom is -0.497 e. The molecule has 2 aliphatic rings. The Labute approximate surface area is 210 Å². The maximum absolute atomic E-state index is 15.3. The van der Waals surface area contributed by atoms with Gasteiger partial charge in [0.25, 0.3) is 0 Å². The van der Waals surface area contributed by atoms with Crippen molar-refractivity contribution in [1.29, 1.82) is 0 Å². The van der Waals surface area contributed by atoms with Crippen LogP contribution in [0, 0.1) is 5.82 Å². The lowest BCUT2D eigenvalue weighted by atomic mass is 9.84. The van der Waals surface area contributed by atoms with E-state index in [1.807, 2.05) is 48.7 Å². The molecule has 0 unspecified atom stereocenters. The normalized spacial score (nSPS) is 18.2. The Morgan fingerprint density at radius 3 is 2.66 bits per heavy atom. The van der Waals surface area contributed by atoms with Crippen LogP contribution in [0.2, 0.25) is 5.02 Å². The van der Waals surface area contributed by atoms with Gasteiger partial charge >= 0.3 is 0 Å². The second kappa shape index (κ2) is 8.62. The Morgan fingerprint density at radius 1 is 1.11 bits per heavy atom. The van der Waals surface area contributed by atoms with Crippen molar-refractivity contribution in [3.05, 3.63) is 99.8 Å². The second-order valence-electron chi connectivity index (χ2n) is 8.16. The van der Waals surface area contributed by atoms with Gasteiger partial charge in [-0.15, -0.1) is 5.10 Å². The van der Waals surface area contributed by atoms with Crippen molar-refractivity contribution in [3.8, 4) is 11.5 Å². The molecule has 176 valence electrons. The molecule has 0 radical (unpaired) electrons. The SMILES string of the molecule is COc1ccc([C@@H]2Oc3ccc(Cl)cc3C3=C2[C@@H](c2ccccc2F)n2nc(SC)nc2N3)cc1. The Balaban J connectivity index is 1.64. The number of hydrogen-bond acceptors (Lipinski definition) is 6. The summed E-state index contributed by atoms with van der Waals surface area (Å²) < 4.78 is 29.0. The van der Waals surface area contributed by atoms with E-state index in [4.69, 9.17) is 26.2 Å². The summed E-state index contributed by atoms with van der Waals surface area (Å²) in [5, 5.41) is 9.30. The van der Waals surface area contributed by atoms with E-state index in [-0.39, 0.29) is 5.82 Å². The van der Waals surface area contributed by atoms with Crippen molar-refractivity contribution in [2.24, 2.45) is 0 Å². The van der Waals surface area contributed by atoms with Gasteiger partial charge in [0.15, 0.2) is 0 Å². The number of nitrogens with zero attached hydrogens (tertiary/aromatic N) is 3. The monoisotopic (exact) mass is 506 g/mol. The summed E-state index contributed by atoms with van der Waals surface area (Å²) in [6.07, 6.45) is 1.39. The lowest BCUT2D eigenvalue weighted by Crippen LogP contribution is -2.32. The van der Waals surface area contributed by atoms with Gasteiger partial charge in [-0.25, -0.2) is 9.07 Å². The summed E-state index contributed by atoms with van der Waals surface area (Å²) >= 11 is 7.81. The van der Waals surface area contributed by atoms with Crippen LogP contribution >= 0.6 is 23.4 Å². The molecule has 0 bridgehead atoms. The lowest BCUT2D eigenvalue weighted by Gasteiger charge is -2.39. The van der Waals surface area contributed by atoms with E-state index >= 15 is 4.39 Å². The topological polar surface area (TPSA) is 61.2 Å². The molecule has 6 nitrogen and oxygen atoms in total. The number of halogens is 2. The molecule has 6 rings (SSSR count). The Hall–Kier alpha value is -3.49. The predicted octanol–water partition coefficient (Wildman–Crippen LogP) is 6.36. The molecule has 9 heteroatoms. The second-order valence-corrected chi connectivity index (χ2v) is 9.37. The van der Waals surface area contributed by atoms with Crippen molar-refractivity contribution < 1.29 is 13.9 Å². The fraction of sp³-hybridized carbons (Fsp3) is 0.154. The molecular formula is C26H20ClFN4O2S. The fourth-order valence-corrected chi connectivity index (χ4v) is 5.14. The first-order chi connectivity index (χ1) is 17.1. The van der Waals surface area contributed by atoms with E-state index < -0.39 is 12.1 Å².